The molecule has 0 aliphatic heterocycles. The third-order valence-electron chi connectivity index (χ3n) is 4.52. The van der Waals surface area contributed by atoms with Crippen LogP contribution in [0.4, 0.5) is 5.13 Å². The summed E-state index contributed by atoms with van der Waals surface area (Å²) in [5, 5.41) is 10.6. The Morgan fingerprint density at radius 1 is 1.17 bits per heavy atom. The average molecular weight is 539 g/mol. The Hall–Kier alpha value is -3.07. The maximum Gasteiger partial charge on any atom is 0.343 e. The first-order valence-corrected chi connectivity index (χ1v) is 13.6. The summed E-state index contributed by atoms with van der Waals surface area (Å²) >= 11 is 2.44. The van der Waals surface area contributed by atoms with E-state index in [1.807, 2.05) is 0 Å². The van der Waals surface area contributed by atoms with Crippen molar-refractivity contribution in [2.45, 2.75) is 35.8 Å². The van der Waals surface area contributed by atoms with Gasteiger partial charge in [-0.15, -0.1) is 10.2 Å². The number of thioether (sulfide) groups is 1. The Balaban J connectivity index is 1.63. The minimum atomic E-state index is -3.66. The van der Waals surface area contributed by atoms with Crippen LogP contribution in [0.2, 0.25) is 0 Å². The van der Waals surface area contributed by atoms with E-state index < -0.39 is 21.4 Å². The van der Waals surface area contributed by atoms with Gasteiger partial charge in [0.05, 0.1) is 16.2 Å². The van der Waals surface area contributed by atoms with E-state index in [2.05, 4.69) is 15.5 Å². The van der Waals surface area contributed by atoms with Crippen LogP contribution in [-0.4, -0.2) is 47.9 Å². The van der Waals surface area contributed by atoms with E-state index in [0.29, 0.717) is 28.3 Å². The molecular formula is C21H22N4O7S3. The normalized spacial score (nSPS) is 11.4. The van der Waals surface area contributed by atoms with Gasteiger partial charge in [-0.3, -0.25) is 9.59 Å². The van der Waals surface area contributed by atoms with E-state index in [1.54, 1.807) is 13.8 Å². The highest BCUT2D eigenvalue weighted by Crippen LogP contribution is 2.28. The number of esters is 1. The summed E-state index contributed by atoms with van der Waals surface area (Å²) in [4.78, 5) is 35.9. The van der Waals surface area contributed by atoms with Crippen molar-refractivity contribution in [3.8, 4) is 5.75 Å². The van der Waals surface area contributed by atoms with Gasteiger partial charge in [-0.25, -0.2) is 13.2 Å². The second kappa shape index (κ2) is 11.6. The number of hydrogen-bond donors (Lipinski definition) is 1. The quantitative estimate of drug-likeness (QED) is 0.232. The predicted octanol–water partition coefficient (Wildman–Crippen LogP) is 2.99. The molecule has 0 fully saturated rings. The van der Waals surface area contributed by atoms with Gasteiger partial charge in [-0.05, 0) is 24.3 Å². The number of sulfonamides is 1. The lowest BCUT2D eigenvalue weighted by atomic mass is 10.2. The summed E-state index contributed by atoms with van der Waals surface area (Å²) in [6, 6.07) is 6.48. The third-order valence-corrected chi connectivity index (χ3v) is 8.57. The van der Waals surface area contributed by atoms with Crippen molar-refractivity contribution in [2.75, 3.05) is 18.4 Å². The molecule has 35 heavy (non-hydrogen) atoms. The zero-order valence-electron chi connectivity index (χ0n) is 19.0. The van der Waals surface area contributed by atoms with Crippen LogP contribution < -0.4 is 15.5 Å². The molecule has 0 atom stereocenters. The standard InChI is InChI=1S/C21H22N4O7S3/c1-4-25(5-2)35(29,30)16-8-6-14(7-9-16)19(28)32-18-11-31-15(10-17(18)27)12-33-21-24-23-20(34-21)22-13(3)26/h6-11H,4-5,12H2,1-3H3,(H,22,23,26). The van der Waals surface area contributed by atoms with Gasteiger partial charge in [0.1, 0.15) is 12.0 Å². The van der Waals surface area contributed by atoms with Crippen molar-refractivity contribution in [2.24, 2.45) is 0 Å². The number of anilines is 1. The van der Waals surface area contributed by atoms with Crippen LogP contribution in [-0.2, 0) is 20.6 Å². The van der Waals surface area contributed by atoms with E-state index in [1.165, 1.54) is 64.7 Å². The predicted molar refractivity (Wildman–Crippen MR) is 130 cm³/mol. The van der Waals surface area contributed by atoms with Gasteiger partial charge in [-0.2, -0.15) is 4.31 Å². The Kier molecular flexibility index (Phi) is 8.77. The maximum atomic E-state index is 12.6. The van der Waals surface area contributed by atoms with Crippen LogP contribution >= 0.6 is 23.1 Å². The van der Waals surface area contributed by atoms with Crippen LogP contribution in [0, 0.1) is 0 Å². The molecular weight excluding hydrogens is 516 g/mol. The molecule has 0 aliphatic carbocycles. The fraction of sp³-hybridized carbons (Fsp3) is 0.286. The smallest absolute Gasteiger partial charge is 0.343 e. The van der Waals surface area contributed by atoms with E-state index >= 15 is 0 Å². The van der Waals surface area contributed by atoms with Crippen molar-refractivity contribution < 1.29 is 27.2 Å². The molecule has 0 spiro atoms. The number of hydrogen-bond acceptors (Lipinski definition) is 11. The monoisotopic (exact) mass is 538 g/mol. The molecule has 0 unspecified atom stereocenters. The minimum Gasteiger partial charge on any atom is -0.464 e. The molecule has 3 aromatic rings. The lowest BCUT2D eigenvalue weighted by Crippen LogP contribution is -2.30. The molecule has 0 saturated heterocycles. The SMILES string of the molecule is CCN(CC)S(=O)(=O)c1ccc(C(=O)Oc2coc(CSc3nnc(NC(C)=O)s3)cc2=O)cc1. The number of amides is 1. The third kappa shape index (κ3) is 6.75. The molecule has 14 heteroatoms. The zero-order valence-corrected chi connectivity index (χ0v) is 21.5. The number of nitrogens with zero attached hydrogens (tertiary/aromatic N) is 3. The maximum absolute atomic E-state index is 12.6. The van der Waals surface area contributed by atoms with Crippen LogP contribution in [0.1, 0.15) is 36.9 Å². The summed E-state index contributed by atoms with van der Waals surface area (Å²) in [6.45, 7) is 5.49. The summed E-state index contributed by atoms with van der Waals surface area (Å²) in [5.41, 5.74) is -0.481. The Morgan fingerprint density at radius 2 is 1.86 bits per heavy atom. The largest absolute Gasteiger partial charge is 0.464 e. The van der Waals surface area contributed by atoms with Gasteiger partial charge in [0.2, 0.25) is 32.2 Å². The lowest BCUT2D eigenvalue weighted by molar-refractivity contribution is -0.114. The number of aromatic nitrogens is 2. The van der Waals surface area contributed by atoms with Gasteiger partial charge >= 0.3 is 5.97 Å². The lowest BCUT2D eigenvalue weighted by Gasteiger charge is -2.18. The van der Waals surface area contributed by atoms with E-state index in [0.717, 1.165) is 6.26 Å². The second-order valence-electron chi connectivity index (χ2n) is 6.92. The van der Waals surface area contributed by atoms with E-state index in [4.69, 9.17) is 9.15 Å². The highest BCUT2D eigenvalue weighted by molar-refractivity contribution is 8.00. The number of carbonyl (C=O) groups is 2. The fourth-order valence-electron chi connectivity index (χ4n) is 2.83. The van der Waals surface area contributed by atoms with E-state index in [-0.39, 0.29) is 27.9 Å². The number of carbonyl (C=O) groups excluding carboxylic acids is 2. The summed E-state index contributed by atoms with van der Waals surface area (Å²) in [5.74, 6) is -0.796. The second-order valence-corrected chi connectivity index (χ2v) is 11.1. The highest BCUT2D eigenvalue weighted by Gasteiger charge is 2.22. The minimum absolute atomic E-state index is 0.0544. The topological polar surface area (TPSA) is 149 Å². The molecule has 186 valence electrons. The number of ether oxygens (including phenoxy) is 1. The van der Waals surface area contributed by atoms with Gasteiger partial charge in [-0.1, -0.05) is 36.9 Å². The summed E-state index contributed by atoms with van der Waals surface area (Å²) < 4.78 is 37.5. The van der Waals surface area contributed by atoms with Crippen molar-refractivity contribution in [3.63, 3.8) is 0 Å². The Labute approximate surface area is 209 Å². The molecule has 1 amide bonds. The summed E-state index contributed by atoms with van der Waals surface area (Å²) in [7, 11) is -3.66. The molecule has 1 N–H and O–H groups in total. The molecule has 1 aromatic carbocycles. The number of rotatable bonds is 10. The van der Waals surface area contributed by atoms with E-state index in [9.17, 15) is 22.8 Å². The fourth-order valence-corrected chi connectivity index (χ4v) is 5.97. The van der Waals surface area contributed by atoms with Gasteiger partial charge < -0.3 is 14.5 Å². The van der Waals surface area contributed by atoms with Crippen molar-refractivity contribution in [1.82, 2.24) is 14.5 Å². The molecule has 0 radical (unpaired) electrons. The van der Waals surface area contributed by atoms with Gasteiger partial charge in [0.25, 0.3) is 0 Å². The zero-order chi connectivity index (χ0) is 25.6. The van der Waals surface area contributed by atoms with Crippen molar-refractivity contribution in [3.05, 3.63) is 58.1 Å². The van der Waals surface area contributed by atoms with Crippen LogP contribution in [0.25, 0.3) is 0 Å². The van der Waals surface area contributed by atoms with Crippen molar-refractivity contribution in [1.29, 1.82) is 0 Å². The first-order chi connectivity index (χ1) is 16.6. The van der Waals surface area contributed by atoms with Crippen LogP contribution in [0.15, 0.2) is 55.0 Å². The van der Waals surface area contributed by atoms with Crippen LogP contribution in [0.3, 0.4) is 0 Å². The van der Waals surface area contributed by atoms with Crippen LogP contribution in [0.5, 0.6) is 5.75 Å². The van der Waals surface area contributed by atoms with Crippen molar-refractivity contribution >= 4 is 50.1 Å². The molecule has 0 aliphatic rings. The summed E-state index contributed by atoms with van der Waals surface area (Å²) in [6.07, 6.45) is 1.04. The highest BCUT2D eigenvalue weighted by atomic mass is 32.2. The average Bonchev–Trinajstić information content (AvgIpc) is 3.26. The van der Waals surface area contributed by atoms with Gasteiger partial charge in [0, 0.05) is 26.1 Å². The number of nitrogens with one attached hydrogen (secondary N) is 1. The molecule has 0 saturated carbocycles. The molecule has 11 nitrogen and oxygen atoms in total. The van der Waals surface area contributed by atoms with Gasteiger partial charge in [0.15, 0.2) is 4.34 Å². The first-order valence-electron chi connectivity index (χ1n) is 10.3. The number of benzene rings is 1. The molecule has 2 aromatic heterocycles. The molecule has 3 rings (SSSR count). The molecule has 2 heterocycles. The first kappa shape index (κ1) is 26.5. The molecule has 0 bridgehead atoms. The Bertz CT molecular complexity index is 1360. The Morgan fingerprint density at radius 3 is 2.46 bits per heavy atom.